The molecule has 2 N–H and O–H groups in total. The van der Waals surface area contributed by atoms with Gasteiger partial charge in [-0.1, -0.05) is 0 Å². The van der Waals surface area contributed by atoms with Gasteiger partial charge >= 0.3 is 5.97 Å². The Hall–Kier alpha value is -0.960. The fraction of sp³-hybridized carbons (Fsp3) is 0.417. The summed E-state index contributed by atoms with van der Waals surface area (Å²) in [6, 6.07) is 3.87. The third-order valence-electron chi connectivity index (χ3n) is 2.53. The monoisotopic (exact) mass is 365 g/mol. The van der Waals surface area contributed by atoms with Crippen LogP contribution in [0.25, 0.3) is 0 Å². The first-order valence-corrected chi connectivity index (χ1v) is 8.17. The highest BCUT2D eigenvalue weighted by Crippen LogP contribution is 2.23. The van der Waals surface area contributed by atoms with Gasteiger partial charge in [-0.3, -0.25) is 0 Å². The molecule has 0 aliphatic rings. The van der Waals surface area contributed by atoms with Gasteiger partial charge in [-0.05, 0) is 47.0 Å². The van der Waals surface area contributed by atoms with Crippen LogP contribution in [0.2, 0.25) is 0 Å². The molecule has 0 aliphatic heterocycles. The Bertz CT molecular complexity index is 573. The highest BCUT2D eigenvalue weighted by atomic mass is 79.9. The van der Waals surface area contributed by atoms with Gasteiger partial charge < -0.3 is 9.84 Å². The van der Waals surface area contributed by atoms with E-state index in [1.54, 1.807) is 7.11 Å². The molecule has 0 aliphatic carbocycles. The summed E-state index contributed by atoms with van der Waals surface area (Å²) in [4.78, 5) is 10.8. The molecule has 8 heteroatoms. The fourth-order valence-electron chi connectivity index (χ4n) is 1.50. The van der Waals surface area contributed by atoms with Crippen LogP contribution in [0.3, 0.4) is 0 Å². The van der Waals surface area contributed by atoms with Crippen LogP contribution in [0.4, 0.5) is 0 Å². The quantitative estimate of drug-likeness (QED) is 0.685. The Morgan fingerprint density at radius 2 is 2.10 bits per heavy atom. The van der Waals surface area contributed by atoms with E-state index in [4.69, 9.17) is 9.84 Å². The summed E-state index contributed by atoms with van der Waals surface area (Å²) in [7, 11) is -2.15. The summed E-state index contributed by atoms with van der Waals surface area (Å²) in [5.41, 5.74) is -0.0760. The number of aromatic carboxylic acids is 1. The van der Waals surface area contributed by atoms with E-state index in [9.17, 15) is 13.2 Å². The molecule has 20 heavy (non-hydrogen) atoms. The second-order valence-electron chi connectivity index (χ2n) is 4.05. The SMILES string of the molecule is COCCCCNS(=O)(=O)c1cc(C(=O)O)ccc1Br. The molecule has 0 radical (unpaired) electrons. The first-order valence-electron chi connectivity index (χ1n) is 5.90. The third-order valence-corrected chi connectivity index (χ3v) is 4.99. The number of hydrogen-bond donors (Lipinski definition) is 2. The van der Waals surface area contributed by atoms with Gasteiger partial charge in [0.1, 0.15) is 0 Å². The van der Waals surface area contributed by atoms with Gasteiger partial charge in [0.2, 0.25) is 10.0 Å². The molecule has 0 aromatic heterocycles. The Morgan fingerprint density at radius 3 is 2.70 bits per heavy atom. The molecule has 0 saturated heterocycles. The molecule has 1 aromatic rings. The van der Waals surface area contributed by atoms with Crippen molar-refractivity contribution in [1.29, 1.82) is 0 Å². The van der Waals surface area contributed by atoms with Crippen molar-refractivity contribution in [3.05, 3.63) is 28.2 Å². The fourth-order valence-corrected chi connectivity index (χ4v) is 3.56. The number of nitrogens with one attached hydrogen (secondary N) is 1. The summed E-state index contributed by atoms with van der Waals surface area (Å²) in [5, 5.41) is 8.89. The maximum atomic E-state index is 12.1. The number of benzene rings is 1. The van der Waals surface area contributed by atoms with Crippen LogP contribution in [0, 0.1) is 0 Å². The molecule has 1 aromatic carbocycles. The molecule has 0 fully saturated rings. The van der Waals surface area contributed by atoms with Crippen LogP contribution >= 0.6 is 15.9 Å². The number of carboxylic acid groups (broad SMARTS) is 1. The minimum absolute atomic E-state index is 0.0760. The van der Waals surface area contributed by atoms with Crippen molar-refractivity contribution in [2.24, 2.45) is 0 Å². The maximum Gasteiger partial charge on any atom is 0.335 e. The van der Waals surface area contributed by atoms with Gasteiger partial charge in [0.05, 0.1) is 10.5 Å². The van der Waals surface area contributed by atoms with Crippen LogP contribution in [0.5, 0.6) is 0 Å². The third kappa shape index (κ3) is 4.86. The van der Waals surface area contributed by atoms with Crippen molar-refractivity contribution in [1.82, 2.24) is 4.72 Å². The molecule has 0 bridgehead atoms. The van der Waals surface area contributed by atoms with E-state index >= 15 is 0 Å². The van der Waals surface area contributed by atoms with Crippen LogP contribution in [0.15, 0.2) is 27.6 Å². The van der Waals surface area contributed by atoms with Crippen LogP contribution < -0.4 is 4.72 Å². The molecule has 0 amide bonds. The topological polar surface area (TPSA) is 92.7 Å². The Morgan fingerprint density at radius 1 is 1.40 bits per heavy atom. The van der Waals surface area contributed by atoms with Gasteiger partial charge in [-0.2, -0.15) is 0 Å². The van der Waals surface area contributed by atoms with Crippen LogP contribution in [-0.4, -0.2) is 39.8 Å². The van der Waals surface area contributed by atoms with Gasteiger partial charge in [-0.25, -0.2) is 17.9 Å². The molecular formula is C12H16BrNO5S. The molecule has 0 spiro atoms. The number of sulfonamides is 1. The second kappa shape index (κ2) is 7.72. The van der Waals surface area contributed by atoms with Crippen LogP contribution in [0.1, 0.15) is 23.2 Å². The lowest BCUT2D eigenvalue weighted by Crippen LogP contribution is -2.25. The first kappa shape index (κ1) is 17.1. The molecule has 6 nitrogen and oxygen atoms in total. The van der Waals surface area contributed by atoms with Crippen LogP contribution in [-0.2, 0) is 14.8 Å². The van der Waals surface area contributed by atoms with Crippen molar-refractivity contribution in [2.75, 3.05) is 20.3 Å². The maximum absolute atomic E-state index is 12.1. The van der Waals surface area contributed by atoms with Crippen molar-refractivity contribution in [3.8, 4) is 0 Å². The number of hydrogen-bond acceptors (Lipinski definition) is 4. The standard InChI is InChI=1S/C12H16BrNO5S/c1-19-7-3-2-6-14-20(17,18)11-8-9(12(15)16)4-5-10(11)13/h4-5,8,14H,2-3,6-7H2,1H3,(H,15,16). The lowest BCUT2D eigenvalue weighted by atomic mass is 10.2. The number of methoxy groups -OCH3 is 1. The molecule has 112 valence electrons. The molecule has 1 rings (SSSR count). The van der Waals surface area contributed by atoms with E-state index in [-0.39, 0.29) is 17.0 Å². The lowest BCUT2D eigenvalue weighted by molar-refractivity contribution is 0.0696. The lowest BCUT2D eigenvalue weighted by Gasteiger charge is -2.09. The van der Waals surface area contributed by atoms with E-state index in [1.165, 1.54) is 12.1 Å². The summed E-state index contributed by atoms with van der Waals surface area (Å²) in [6.07, 6.45) is 1.39. The minimum Gasteiger partial charge on any atom is -0.478 e. The smallest absolute Gasteiger partial charge is 0.335 e. The Labute approximate surface area is 126 Å². The highest BCUT2D eigenvalue weighted by molar-refractivity contribution is 9.10. The Balaban J connectivity index is 2.81. The number of rotatable bonds is 8. The second-order valence-corrected chi connectivity index (χ2v) is 6.64. The normalized spacial score (nSPS) is 11.5. The summed E-state index contributed by atoms with van der Waals surface area (Å²) in [6.45, 7) is 0.843. The average Bonchev–Trinajstić information content (AvgIpc) is 2.38. The highest BCUT2D eigenvalue weighted by Gasteiger charge is 2.19. The predicted molar refractivity (Wildman–Crippen MR) is 77.4 cm³/mol. The number of carboxylic acids is 1. The zero-order valence-electron chi connectivity index (χ0n) is 10.9. The van der Waals surface area contributed by atoms with Gasteiger partial charge in [0.15, 0.2) is 0 Å². The zero-order chi connectivity index (χ0) is 15.2. The first-order chi connectivity index (χ1) is 9.38. The summed E-state index contributed by atoms with van der Waals surface area (Å²) < 4.78 is 31.8. The Kier molecular flexibility index (Phi) is 6.60. The largest absolute Gasteiger partial charge is 0.478 e. The van der Waals surface area contributed by atoms with E-state index in [2.05, 4.69) is 20.7 Å². The number of carbonyl (C=O) groups is 1. The van der Waals surface area contributed by atoms with Gasteiger partial charge in [0.25, 0.3) is 0 Å². The van der Waals surface area contributed by atoms with Crippen molar-refractivity contribution in [3.63, 3.8) is 0 Å². The molecule has 0 unspecified atom stereocenters. The van der Waals surface area contributed by atoms with E-state index in [0.29, 0.717) is 17.5 Å². The molecule has 0 saturated carbocycles. The molecule has 0 atom stereocenters. The van der Waals surface area contributed by atoms with Gasteiger partial charge in [-0.15, -0.1) is 0 Å². The van der Waals surface area contributed by atoms with Gasteiger partial charge in [0, 0.05) is 24.7 Å². The average molecular weight is 366 g/mol. The minimum atomic E-state index is -3.74. The molecular weight excluding hydrogens is 350 g/mol. The predicted octanol–water partition coefficient (Wildman–Crippen LogP) is 1.85. The number of ether oxygens (including phenoxy) is 1. The van der Waals surface area contributed by atoms with Crippen molar-refractivity contribution < 1.29 is 23.1 Å². The summed E-state index contributed by atoms with van der Waals surface area (Å²) in [5.74, 6) is -1.17. The zero-order valence-corrected chi connectivity index (χ0v) is 13.3. The van der Waals surface area contributed by atoms with E-state index in [1.807, 2.05) is 0 Å². The van der Waals surface area contributed by atoms with E-state index in [0.717, 1.165) is 12.5 Å². The number of unbranched alkanes of at least 4 members (excludes halogenated alkanes) is 1. The van der Waals surface area contributed by atoms with E-state index < -0.39 is 16.0 Å². The summed E-state index contributed by atoms with van der Waals surface area (Å²) >= 11 is 3.12. The molecule has 0 heterocycles. The van der Waals surface area contributed by atoms with Crippen molar-refractivity contribution >= 4 is 31.9 Å². The number of halogens is 1. The van der Waals surface area contributed by atoms with Crippen molar-refractivity contribution in [2.45, 2.75) is 17.7 Å².